The van der Waals surface area contributed by atoms with E-state index in [4.69, 9.17) is 5.26 Å². The Morgan fingerprint density at radius 1 is 1.54 bits per heavy atom. The number of hydrogen-bond acceptors (Lipinski definition) is 5. The molecule has 2 rings (SSSR count). The monoisotopic (exact) mass is 207 g/mol. The Labute approximate surface area is 83.3 Å². The topological polar surface area (TPSA) is 49.6 Å². The summed E-state index contributed by atoms with van der Waals surface area (Å²) in [6.45, 7) is 1.90. The van der Waals surface area contributed by atoms with E-state index in [1.807, 2.05) is 18.4 Å². The van der Waals surface area contributed by atoms with Crippen molar-refractivity contribution in [2.75, 3.05) is 0 Å². The first-order valence-electron chi connectivity index (χ1n) is 3.58. The normalized spacial score (nSPS) is 9.85. The molecule has 0 saturated carbocycles. The average molecular weight is 207 g/mol. The lowest BCUT2D eigenvalue weighted by molar-refractivity contribution is 1.23. The summed E-state index contributed by atoms with van der Waals surface area (Å²) >= 11 is 2.96. The standard InChI is InChI=1S/C8H5N3S2/c1-5-7(8-10-2-3-12-8)13-6(4-9)11-5/h2-3H,1H3. The second kappa shape index (κ2) is 3.24. The van der Waals surface area contributed by atoms with Crippen molar-refractivity contribution in [3.8, 4) is 16.0 Å². The van der Waals surface area contributed by atoms with Gasteiger partial charge in [-0.2, -0.15) is 5.26 Å². The van der Waals surface area contributed by atoms with E-state index in [2.05, 4.69) is 9.97 Å². The number of hydrogen-bond donors (Lipinski definition) is 0. The van der Waals surface area contributed by atoms with Crippen molar-refractivity contribution in [3.05, 3.63) is 22.3 Å². The maximum Gasteiger partial charge on any atom is 0.195 e. The summed E-state index contributed by atoms with van der Waals surface area (Å²) in [6.07, 6.45) is 1.76. The molecule has 0 fully saturated rings. The lowest BCUT2D eigenvalue weighted by atomic mass is 10.4. The van der Waals surface area contributed by atoms with Gasteiger partial charge in [0.1, 0.15) is 11.1 Å². The van der Waals surface area contributed by atoms with Crippen LogP contribution in [-0.4, -0.2) is 9.97 Å². The molecule has 64 valence electrons. The molecule has 2 heterocycles. The highest BCUT2D eigenvalue weighted by atomic mass is 32.1. The van der Waals surface area contributed by atoms with Crippen molar-refractivity contribution in [1.82, 2.24) is 9.97 Å². The quantitative estimate of drug-likeness (QED) is 0.721. The second-order valence-electron chi connectivity index (χ2n) is 2.38. The number of aromatic nitrogens is 2. The van der Waals surface area contributed by atoms with E-state index in [-0.39, 0.29) is 0 Å². The van der Waals surface area contributed by atoms with Gasteiger partial charge in [-0.1, -0.05) is 0 Å². The molecule has 5 heteroatoms. The Hall–Kier alpha value is -1.25. The first kappa shape index (κ1) is 8.35. The molecule has 0 bridgehead atoms. The van der Waals surface area contributed by atoms with Crippen LogP contribution in [0.25, 0.3) is 9.88 Å². The molecule has 0 radical (unpaired) electrons. The molecule has 2 aromatic rings. The van der Waals surface area contributed by atoms with Crippen LogP contribution in [0.5, 0.6) is 0 Å². The minimum atomic E-state index is 0.503. The van der Waals surface area contributed by atoms with Crippen LogP contribution in [-0.2, 0) is 0 Å². The van der Waals surface area contributed by atoms with Gasteiger partial charge in [0.2, 0.25) is 0 Å². The third-order valence-corrected chi connectivity index (χ3v) is 3.51. The van der Waals surface area contributed by atoms with Crippen molar-refractivity contribution >= 4 is 22.7 Å². The van der Waals surface area contributed by atoms with E-state index >= 15 is 0 Å². The second-order valence-corrected chi connectivity index (χ2v) is 4.28. The minimum absolute atomic E-state index is 0.503. The zero-order valence-corrected chi connectivity index (χ0v) is 8.45. The minimum Gasteiger partial charge on any atom is -0.244 e. The molecule has 0 aliphatic carbocycles. The van der Waals surface area contributed by atoms with Crippen LogP contribution in [0.3, 0.4) is 0 Å². The molecule has 3 nitrogen and oxygen atoms in total. The summed E-state index contributed by atoms with van der Waals surface area (Å²) in [4.78, 5) is 9.29. The molecular formula is C8H5N3S2. The fourth-order valence-corrected chi connectivity index (χ4v) is 2.63. The van der Waals surface area contributed by atoms with Gasteiger partial charge in [0.05, 0.1) is 10.6 Å². The van der Waals surface area contributed by atoms with Gasteiger partial charge in [-0.25, -0.2) is 9.97 Å². The summed E-state index contributed by atoms with van der Waals surface area (Å²) in [6, 6.07) is 2.03. The zero-order valence-electron chi connectivity index (χ0n) is 6.81. The molecule has 0 saturated heterocycles. The van der Waals surface area contributed by atoms with Gasteiger partial charge in [-0.3, -0.25) is 0 Å². The molecule has 0 aromatic carbocycles. The predicted molar refractivity (Wildman–Crippen MR) is 52.7 cm³/mol. The van der Waals surface area contributed by atoms with Crippen LogP contribution in [0.4, 0.5) is 0 Å². The highest BCUT2D eigenvalue weighted by Crippen LogP contribution is 2.30. The molecule has 0 atom stereocenters. The highest BCUT2D eigenvalue weighted by Gasteiger charge is 2.10. The Morgan fingerprint density at radius 3 is 2.92 bits per heavy atom. The van der Waals surface area contributed by atoms with Crippen LogP contribution in [0.2, 0.25) is 0 Å². The van der Waals surface area contributed by atoms with E-state index in [0.717, 1.165) is 15.6 Å². The third kappa shape index (κ3) is 1.46. The van der Waals surface area contributed by atoms with Crippen LogP contribution < -0.4 is 0 Å². The van der Waals surface area contributed by atoms with Gasteiger partial charge in [0, 0.05) is 11.6 Å². The van der Waals surface area contributed by atoms with Crippen molar-refractivity contribution < 1.29 is 0 Å². The van der Waals surface area contributed by atoms with Crippen molar-refractivity contribution in [2.24, 2.45) is 0 Å². The maximum atomic E-state index is 8.65. The van der Waals surface area contributed by atoms with Gasteiger partial charge in [-0.15, -0.1) is 22.7 Å². The summed E-state index contributed by atoms with van der Waals surface area (Å²) in [5.74, 6) is 0. The largest absolute Gasteiger partial charge is 0.244 e. The third-order valence-electron chi connectivity index (χ3n) is 1.52. The average Bonchev–Trinajstić information content (AvgIpc) is 2.72. The Bertz CT molecular complexity index is 450. The molecule has 0 N–H and O–H groups in total. The fraction of sp³-hybridized carbons (Fsp3) is 0.125. The Kier molecular flexibility index (Phi) is 2.08. The van der Waals surface area contributed by atoms with E-state index in [0.29, 0.717) is 5.01 Å². The van der Waals surface area contributed by atoms with Crippen molar-refractivity contribution in [1.29, 1.82) is 5.26 Å². The first-order chi connectivity index (χ1) is 6.31. The van der Waals surface area contributed by atoms with Gasteiger partial charge in [-0.05, 0) is 6.92 Å². The molecular weight excluding hydrogens is 202 g/mol. The number of rotatable bonds is 1. The Balaban J connectivity index is 2.54. The number of thiazole rings is 2. The SMILES string of the molecule is Cc1nc(C#N)sc1-c1nccs1. The van der Waals surface area contributed by atoms with Crippen LogP contribution in [0, 0.1) is 18.3 Å². The summed E-state index contributed by atoms with van der Waals surface area (Å²) in [5.41, 5.74) is 0.886. The molecule has 13 heavy (non-hydrogen) atoms. The predicted octanol–water partition coefficient (Wildman–Crippen LogP) is 2.45. The lowest BCUT2D eigenvalue weighted by Crippen LogP contribution is -1.75. The number of nitriles is 1. The van der Waals surface area contributed by atoms with Crippen molar-refractivity contribution in [3.63, 3.8) is 0 Å². The van der Waals surface area contributed by atoms with Crippen LogP contribution in [0.15, 0.2) is 11.6 Å². The van der Waals surface area contributed by atoms with Gasteiger partial charge < -0.3 is 0 Å². The first-order valence-corrected chi connectivity index (χ1v) is 5.28. The number of aryl methyl sites for hydroxylation is 1. The molecule has 0 aliphatic rings. The van der Waals surface area contributed by atoms with Gasteiger partial charge in [0.25, 0.3) is 0 Å². The highest BCUT2D eigenvalue weighted by molar-refractivity contribution is 7.21. The van der Waals surface area contributed by atoms with E-state index < -0.39 is 0 Å². The van der Waals surface area contributed by atoms with Crippen molar-refractivity contribution in [2.45, 2.75) is 6.92 Å². The zero-order chi connectivity index (χ0) is 9.26. The molecule has 2 aromatic heterocycles. The summed E-state index contributed by atoms with van der Waals surface area (Å²) in [7, 11) is 0. The van der Waals surface area contributed by atoms with E-state index in [9.17, 15) is 0 Å². The molecule has 0 aliphatic heterocycles. The van der Waals surface area contributed by atoms with Crippen LogP contribution in [0.1, 0.15) is 10.7 Å². The molecule has 0 unspecified atom stereocenters. The smallest absolute Gasteiger partial charge is 0.195 e. The fourth-order valence-electron chi connectivity index (χ4n) is 0.978. The van der Waals surface area contributed by atoms with E-state index in [1.165, 1.54) is 11.3 Å². The molecule has 0 spiro atoms. The van der Waals surface area contributed by atoms with Crippen LogP contribution >= 0.6 is 22.7 Å². The van der Waals surface area contributed by atoms with Gasteiger partial charge >= 0.3 is 0 Å². The summed E-state index contributed by atoms with van der Waals surface area (Å²) < 4.78 is 0. The van der Waals surface area contributed by atoms with Gasteiger partial charge in [0.15, 0.2) is 5.01 Å². The lowest BCUT2D eigenvalue weighted by Gasteiger charge is -1.88. The number of nitrogens with zero attached hydrogens (tertiary/aromatic N) is 3. The maximum absolute atomic E-state index is 8.65. The molecule has 0 amide bonds. The Morgan fingerprint density at radius 2 is 2.38 bits per heavy atom. The van der Waals surface area contributed by atoms with E-state index in [1.54, 1.807) is 17.5 Å². The summed E-state index contributed by atoms with van der Waals surface area (Å²) in [5, 5.41) is 12.0.